The van der Waals surface area contributed by atoms with Gasteiger partial charge in [0.05, 0.1) is 5.54 Å². The molecule has 2 rings (SSSR count). The van der Waals surface area contributed by atoms with E-state index in [-0.39, 0.29) is 13.1 Å². The van der Waals surface area contributed by atoms with Crippen LogP contribution in [-0.2, 0) is 4.74 Å². The van der Waals surface area contributed by atoms with Crippen LogP contribution in [-0.4, -0.2) is 18.2 Å². The van der Waals surface area contributed by atoms with E-state index < -0.39 is 0 Å². The Morgan fingerprint density at radius 1 is 1.83 bits per heavy atom. The number of cyclic esters (lactones) is 1. The summed E-state index contributed by atoms with van der Waals surface area (Å²) in [6.07, 6.45) is 4.43. The summed E-state index contributed by atoms with van der Waals surface area (Å²) in [5, 5.41) is 2.93. The zero-order valence-electron chi connectivity index (χ0n) is 7.43. The Balaban J connectivity index is 0.000000845. The normalized spacial score (nSPS) is 40.1. The van der Waals surface area contributed by atoms with E-state index >= 15 is 0 Å². The number of hydrogen-bond donors (Lipinski definition) is 1. The number of alkyl carbamates (subject to hydrolysis) is 1. The first-order valence-electron chi connectivity index (χ1n) is 4.69. The van der Waals surface area contributed by atoms with Crippen molar-refractivity contribution in [3.05, 3.63) is 0 Å². The highest BCUT2D eigenvalue weighted by molar-refractivity contribution is 5.70. The van der Waals surface area contributed by atoms with Gasteiger partial charge in [0.2, 0.25) is 0 Å². The SMILES string of the molecule is CCC1CCC2(COC(=O)N2)C1.[HH]. The molecule has 3 nitrogen and oxygen atoms in total. The second-order valence-corrected chi connectivity index (χ2v) is 4.00. The van der Waals surface area contributed by atoms with Crippen molar-refractivity contribution in [1.29, 1.82) is 0 Å². The number of ether oxygens (including phenoxy) is 1. The van der Waals surface area contributed by atoms with Crippen LogP contribution in [0.15, 0.2) is 0 Å². The van der Waals surface area contributed by atoms with Crippen LogP contribution < -0.4 is 5.32 Å². The molecule has 0 aromatic carbocycles. The first-order chi connectivity index (χ1) is 5.74. The molecule has 1 saturated carbocycles. The summed E-state index contributed by atoms with van der Waals surface area (Å²) in [6, 6.07) is 0. The zero-order valence-corrected chi connectivity index (χ0v) is 7.43. The van der Waals surface area contributed by atoms with Gasteiger partial charge >= 0.3 is 6.09 Å². The molecule has 1 spiro atoms. The summed E-state index contributed by atoms with van der Waals surface area (Å²) < 4.78 is 4.93. The predicted molar refractivity (Wildman–Crippen MR) is 47.0 cm³/mol. The maximum atomic E-state index is 10.9. The summed E-state index contributed by atoms with van der Waals surface area (Å²) in [5.41, 5.74) is 0.0117. The lowest BCUT2D eigenvalue weighted by Gasteiger charge is -2.19. The molecule has 1 heterocycles. The van der Waals surface area contributed by atoms with Gasteiger partial charge in [0.15, 0.2) is 0 Å². The van der Waals surface area contributed by atoms with E-state index in [4.69, 9.17) is 4.74 Å². The van der Waals surface area contributed by atoms with Crippen molar-refractivity contribution in [3.63, 3.8) is 0 Å². The standard InChI is InChI=1S/C9H15NO2.H2/c1-2-7-3-4-9(5-7)6-12-8(11)10-9;/h7H,2-6H2,1H3,(H,10,11);1H. The molecule has 2 fully saturated rings. The summed E-state index contributed by atoms with van der Waals surface area (Å²) in [6.45, 7) is 2.80. The lowest BCUT2D eigenvalue weighted by atomic mass is 9.97. The molecule has 1 aliphatic heterocycles. The minimum Gasteiger partial charge on any atom is -0.447 e. The van der Waals surface area contributed by atoms with E-state index in [2.05, 4.69) is 12.2 Å². The van der Waals surface area contributed by atoms with Gasteiger partial charge in [0, 0.05) is 1.43 Å². The van der Waals surface area contributed by atoms with Gasteiger partial charge in [-0.1, -0.05) is 13.3 Å². The Bertz CT molecular complexity index is 210. The van der Waals surface area contributed by atoms with Crippen LogP contribution in [0.5, 0.6) is 0 Å². The summed E-state index contributed by atoms with van der Waals surface area (Å²) in [7, 11) is 0. The molecule has 1 saturated heterocycles. The number of carbonyl (C=O) groups excluding carboxylic acids is 1. The molecule has 0 aromatic rings. The van der Waals surface area contributed by atoms with Crippen LogP contribution in [0.25, 0.3) is 0 Å². The summed E-state index contributed by atoms with van der Waals surface area (Å²) in [4.78, 5) is 10.9. The molecule has 1 N–H and O–H groups in total. The smallest absolute Gasteiger partial charge is 0.407 e. The molecule has 1 amide bonds. The van der Waals surface area contributed by atoms with Gasteiger partial charge in [0.1, 0.15) is 6.61 Å². The molecule has 3 heteroatoms. The van der Waals surface area contributed by atoms with Crippen molar-refractivity contribution in [2.24, 2.45) is 5.92 Å². The van der Waals surface area contributed by atoms with Crippen LogP contribution >= 0.6 is 0 Å². The summed E-state index contributed by atoms with van der Waals surface area (Å²) >= 11 is 0. The fourth-order valence-corrected chi connectivity index (χ4v) is 2.32. The molecule has 0 aromatic heterocycles. The van der Waals surface area contributed by atoms with Gasteiger partial charge in [-0.05, 0) is 25.2 Å². The molecule has 2 aliphatic rings. The highest BCUT2D eigenvalue weighted by atomic mass is 16.6. The number of amides is 1. The average Bonchev–Trinajstić information content (AvgIpc) is 2.61. The Morgan fingerprint density at radius 2 is 2.67 bits per heavy atom. The van der Waals surface area contributed by atoms with E-state index in [1.807, 2.05) is 0 Å². The molecular weight excluding hydrogens is 154 g/mol. The monoisotopic (exact) mass is 171 g/mol. The first kappa shape index (κ1) is 7.90. The van der Waals surface area contributed by atoms with Gasteiger partial charge in [-0.2, -0.15) is 0 Å². The maximum Gasteiger partial charge on any atom is 0.407 e. The largest absolute Gasteiger partial charge is 0.447 e. The van der Waals surface area contributed by atoms with Gasteiger partial charge in [-0.15, -0.1) is 0 Å². The Labute approximate surface area is 74.0 Å². The van der Waals surface area contributed by atoms with Crippen molar-refractivity contribution >= 4 is 6.09 Å². The number of rotatable bonds is 1. The third-order valence-electron chi connectivity index (χ3n) is 3.13. The van der Waals surface area contributed by atoms with Crippen LogP contribution in [0, 0.1) is 5.92 Å². The Morgan fingerprint density at radius 3 is 3.17 bits per heavy atom. The third kappa shape index (κ3) is 1.17. The molecule has 1 aliphatic carbocycles. The van der Waals surface area contributed by atoms with E-state index in [1.165, 1.54) is 12.8 Å². The number of carbonyl (C=O) groups is 1. The highest BCUT2D eigenvalue weighted by Gasteiger charge is 2.44. The van der Waals surface area contributed by atoms with Crippen molar-refractivity contribution in [3.8, 4) is 0 Å². The molecular formula is C9H17NO2. The average molecular weight is 171 g/mol. The Kier molecular flexibility index (Phi) is 1.74. The van der Waals surface area contributed by atoms with E-state index in [0.29, 0.717) is 6.61 Å². The second-order valence-electron chi connectivity index (χ2n) is 4.00. The van der Waals surface area contributed by atoms with Crippen LogP contribution in [0.4, 0.5) is 4.79 Å². The van der Waals surface area contributed by atoms with Gasteiger partial charge < -0.3 is 10.1 Å². The fourth-order valence-electron chi connectivity index (χ4n) is 2.32. The fraction of sp³-hybridized carbons (Fsp3) is 0.889. The van der Waals surface area contributed by atoms with Crippen molar-refractivity contribution in [1.82, 2.24) is 5.32 Å². The van der Waals surface area contributed by atoms with Crippen molar-refractivity contribution in [2.75, 3.05) is 6.61 Å². The molecule has 70 valence electrons. The van der Waals surface area contributed by atoms with Crippen molar-refractivity contribution < 1.29 is 11.0 Å². The molecule has 2 unspecified atom stereocenters. The number of hydrogen-bond acceptors (Lipinski definition) is 2. The maximum absolute atomic E-state index is 10.9. The molecule has 0 radical (unpaired) electrons. The molecule has 12 heavy (non-hydrogen) atoms. The van der Waals surface area contributed by atoms with Crippen molar-refractivity contribution in [2.45, 2.75) is 38.1 Å². The third-order valence-corrected chi connectivity index (χ3v) is 3.13. The van der Waals surface area contributed by atoms with Crippen LogP contribution in [0.3, 0.4) is 0 Å². The number of nitrogens with one attached hydrogen (secondary N) is 1. The predicted octanol–water partition coefficient (Wildman–Crippen LogP) is 1.92. The topological polar surface area (TPSA) is 38.3 Å². The quantitative estimate of drug-likeness (QED) is 0.654. The van der Waals surface area contributed by atoms with E-state index in [9.17, 15) is 4.79 Å². The first-order valence-corrected chi connectivity index (χ1v) is 4.69. The Hall–Kier alpha value is -0.730. The summed E-state index contributed by atoms with van der Waals surface area (Å²) in [5.74, 6) is 0.784. The minimum atomic E-state index is -0.230. The van der Waals surface area contributed by atoms with Gasteiger partial charge in [-0.25, -0.2) is 4.79 Å². The molecule has 0 bridgehead atoms. The highest BCUT2D eigenvalue weighted by Crippen LogP contribution is 2.38. The lowest BCUT2D eigenvalue weighted by molar-refractivity contribution is 0.172. The lowest BCUT2D eigenvalue weighted by Crippen LogP contribution is -2.40. The zero-order chi connectivity index (χ0) is 8.60. The van der Waals surface area contributed by atoms with E-state index in [1.54, 1.807) is 0 Å². The van der Waals surface area contributed by atoms with Crippen LogP contribution in [0.2, 0.25) is 0 Å². The van der Waals surface area contributed by atoms with Gasteiger partial charge in [-0.3, -0.25) is 0 Å². The van der Waals surface area contributed by atoms with Gasteiger partial charge in [0.25, 0.3) is 0 Å². The second kappa shape index (κ2) is 2.64. The van der Waals surface area contributed by atoms with Crippen LogP contribution in [0.1, 0.15) is 34.0 Å². The molecule has 2 atom stereocenters. The van der Waals surface area contributed by atoms with E-state index in [0.717, 1.165) is 18.8 Å². The minimum absolute atomic E-state index is 0.